The first-order valence-electron chi connectivity index (χ1n) is 41.0. The first-order valence-corrected chi connectivity index (χ1v) is 41.0. The number of hydrogen-bond acceptors (Lipinski definition) is 3. The van der Waals surface area contributed by atoms with E-state index >= 15 is 0 Å². The Morgan fingerprint density at radius 1 is 0.244 bits per heavy atom. The van der Waals surface area contributed by atoms with Gasteiger partial charge in [0.1, 0.15) is 0 Å². The van der Waals surface area contributed by atoms with Crippen LogP contribution in [0.1, 0.15) is 495 Å². The van der Waals surface area contributed by atoms with Gasteiger partial charge in [0.15, 0.2) is 0 Å². The van der Waals surface area contributed by atoms with Gasteiger partial charge >= 0.3 is 5.97 Å². The molecule has 86 heavy (non-hydrogen) atoms. The Kier molecular flexibility index (Phi) is 76.3. The van der Waals surface area contributed by atoms with E-state index < -0.39 is 18.0 Å². The molecule has 0 heterocycles. The largest absolute Gasteiger partial charge is 0.481 e. The number of aliphatic hydroxyl groups excluding tert-OH is 1. The highest BCUT2D eigenvalue weighted by molar-refractivity contribution is 5.70. The van der Waals surface area contributed by atoms with E-state index in [2.05, 4.69) is 13.8 Å². The molecule has 0 spiro atoms. The topological polar surface area (TPSA) is 66.8 Å². The minimum absolute atomic E-state index is 0.441. The fourth-order valence-corrected chi connectivity index (χ4v) is 14.0. The number of carboxylic acids is 1. The minimum Gasteiger partial charge on any atom is -0.481 e. The number of ether oxygens (including phenoxy) is 1. The van der Waals surface area contributed by atoms with Crippen LogP contribution in [-0.4, -0.2) is 35.5 Å². The third kappa shape index (κ3) is 72.5. The maximum Gasteiger partial charge on any atom is 0.309 e. The number of carboxylic acid groups (broad SMARTS) is 1. The summed E-state index contributed by atoms with van der Waals surface area (Å²) in [6, 6.07) is 0. The van der Waals surface area contributed by atoms with E-state index in [0.29, 0.717) is 18.9 Å². The van der Waals surface area contributed by atoms with Gasteiger partial charge in [-0.1, -0.05) is 469 Å². The maximum absolute atomic E-state index is 11.9. The van der Waals surface area contributed by atoms with Crippen molar-refractivity contribution in [3.63, 3.8) is 0 Å². The van der Waals surface area contributed by atoms with Crippen LogP contribution in [0.4, 0.5) is 0 Å². The fraction of sp³-hybridized carbons (Fsp3) is 0.988. The van der Waals surface area contributed by atoms with E-state index in [1.165, 1.54) is 443 Å². The lowest BCUT2D eigenvalue weighted by atomic mass is 9.91. The second-order valence-electron chi connectivity index (χ2n) is 29.0. The summed E-state index contributed by atoms with van der Waals surface area (Å²) < 4.78 is 5.35. The van der Waals surface area contributed by atoms with Crippen LogP contribution in [0.15, 0.2) is 0 Å². The van der Waals surface area contributed by atoms with Crippen molar-refractivity contribution in [3.8, 4) is 0 Å². The van der Waals surface area contributed by atoms with E-state index in [9.17, 15) is 15.0 Å². The number of methoxy groups -OCH3 is 1. The lowest BCUT2D eigenvalue weighted by Gasteiger charge is -2.19. The van der Waals surface area contributed by atoms with Crippen LogP contribution in [-0.2, 0) is 9.53 Å². The van der Waals surface area contributed by atoms with Crippen molar-refractivity contribution >= 4 is 5.97 Å². The first kappa shape index (κ1) is 85.4. The number of unbranched alkanes of at least 4 members (excludes halogenated alkanes) is 70. The smallest absolute Gasteiger partial charge is 0.309 e. The van der Waals surface area contributed by atoms with E-state index in [1.807, 2.05) is 7.11 Å². The molecule has 0 saturated heterocycles. The Morgan fingerprint density at radius 3 is 0.535 bits per heavy atom. The van der Waals surface area contributed by atoms with Gasteiger partial charge in [-0.3, -0.25) is 4.79 Å². The van der Waals surface area contributed by atoms with Crippen LogP contribution in [0.5, 0.6) is 0 Å². The van der Waals surface area contributed by atoms with Crippen LogP contribution in [0, 0.1) is 5.92 Å². The van der Waals surface area contributed by atoms with E-state index in [1.54, 1.807) is 0 Å². The molecule has 0 saturated carbocycles. The highest BCUT2D eigenvalue weighted by atomic mass is 16.5. The zero-order chi connectivity index (χ0) is 62.0. The fourth-order valence-electron chi connectivity index (χ4n) is 14.0. The molecule has 0 aliphatic rings. The van der Waals surface area contributed by atoms with E-state index in [4.69, 9.17) is 4.74 Å². The van der Waals surface area contributed by atoms with Gasteiger partial charge in [-0.2, -0.15) is 0 Å². The van der Waals surface area contributed by atoms with Gasteiger partial charge in [0.2, 0.25) is 0 Å². The summed E-state index contributed by atoms with van der Waals surface area (Å²) in [5, 5.41) is 20.5. The monoisotopic (exact) mass is 1210 g/mol. The maximum atomic E-state index is 11.9. The number of aliphatic carboxylic acids is 1. The normalized spacial score (nSPS) is 12.9. The summed E-state index contributed by atoms with van der Waals surface area (Å²) >= 11 is 0. The van der Waals surface area contributed by atoms with Crippen LogP contribution in [0.3, 0.4) is 0 Å². The zero-order valence-electron chi connectivity index (χ0n) is 60.0. The van der Waals surface area contributed by atoms with Gasteiger partial charge in [0.25, 0.3) is 0 Å². The number of aliphatic hydroxyl groups is 1. The van der Waals surface area contributed by atoms with Crippen molar-refractivity contribution in [2.45, 2.75) is 508 Å². The number of carbonyl (C=O) groups is 1. The molecular formula is C82H164O4. The van der Waals surface area contributed by atoms with Gasteiger partial charge < -0.3 is 14.9 Å². The molecule has 4 nitrogen and oxygen atoms in total. The average Bonchev–Trinajstić information content (AvgIpc) is 3.52. The standard InChI is InChI=1S/C82H164O4/c1-4-5-6-7-8-9-10-11-12-13-14-50-53-56-59-62-65-68-71-74-77-80(82(84)85)81(83)78-75-72-69-66-63-60-57-54-51-48-46-44-42-40-38-36-34-32-30-28-26-24-22-20-18-16-15-17-19-21-23-25-27-29-31-33-35-37-39-41-43-45-47-49-52-55-58-61-64-67-70-73-76-79(2)86-3/h79-81,83H,4-78H2,1-3H3,(H,84,85). The van der Waals surface area contributed by atoms with Crippen molar-refractivity contribution in [1.29, 1.82) is 0 Å². The Labute approximate surface area is 543 Å². The molecule has 0 rings (SSSR count). The van der Waals surface area contributed by atoms with Crippen molar-refractivity contribution in [1.82, 2.24) is 0 Å². The molecule has 0 fully saturated rings. The molecule has 3 atom stereocenters. The third-order valence-electron chi connectivity index (χ3n) is 20.4. The molecule has 2 N–H and O–H groups in total. The van der Waals surface area contributed by atoms with Gasteiger partial charge in [-0.05, 0) is 26.2 Å². The van der Waals surface area contributed by atoms with Gasteiger partial charge in [0.05, 0.1) is 18.1 Å². The number of rotatable bonds is 79. The van der Waals surface area contributed by atoms with E-state index in [0.717, 1.165) is 25.7 Å². The lowest BCUT2D eigenvalue weighted by molar-refractivity contribution is -0.146. The molecule has 3 unspecified atom stereocenters. The predicted octanol–water partition coefficient (Wildman–Crippen LogP) is 29.4. The molecule has 516 valence electrons. The second kappa shape index (κ2) is 76.8. The highest BCUT2D eigenvalue weighted by Gasteiger charge is 2.25. The lowest BCUT2D eigenvalue weighted by Crippen LogP contribution is -2.28. The number of hydrogen-bond donors (Lipinski definition) is 2. The Balaban J connectivity index is 3.26. The highest BCUT2D eigenvalue weighted by Crippen LogP contribution is 2.24. The van der Waals surface area contributed by atoms with Crippen LogP contribution in [0.25, 0.3) is 0 Å². The summed E-state index contributed by atoms with van der Waals surface area (Å²) in [6.45, 7) is 4.48. The Morgan fingerprint density at radius 2 is 0.384 bits per heavy atom. The van der Waals surface area contributed by atoms with E-state index in [-0.39, 0.29) is 0 Å². The Hall–Kier alpha value is -0.610. The van der Waals surface area contributed by atoms with Gasteiger partial charge in [-0.25, -0.2) is 0 Å². The van der Waals surface area contributed by atoms with Crippen LogP contribution < -0.4 is 0 Å². The van der Waals surface area contributed by atoms with Gasteiger partial charge in [-0.15, -0.1) is 0 Å². The van der Waals surface area contributed by atoms with Crippen molar-refractivity contribution < 1.29 is 19.7 Å². The quantitative estimate of drug-likeness (QED) is 0.0596. The molecule has 0 amide bonds. The summed E-state index contributed by atoms with van der Waals surface area (Å²) in [4.78, 5) is 11.9. The molecule has 0 bridgehead atoms. The molecular weight excluding hydrogens is 1050 g/mol. The summed E-state index contributed by atoms with van der Waals surface area (Å²) in [5.41, 5.74) is 0. The molecule has 0 aromatic rings. The third-order valence-corrected chi connectivity index (χ3v) is 20.4. The van der Waals surface area contributed by atoms with Crippen molar-refractivity contribution in [3.05, 3.63) is 0 Å². The minimum atomic E-state index is -0.799. The average molecular weight is 1210 g/mol. The Bertz CT molecular complexity index is 1200. The summed E-state index contributed by atoms with van der Waals surface area (Å²) in [7, 11) is 1.83. The van der Waals surface area contributed by atoms with Crippen LogP contribution in [0.2, 0.25) is 0 Å². The van der Waals surface area contributed by atoms with Crippen molar-refractivity contribution in [2.75, 3.05) is 7.11 Å². The summed E-state index contributed by atoms with van der Waals surface area (Å²) in [5.74, 6) is -1.38. The molecule has 0 radical (unpaired) electrons. The van der Waals surface area contributed by atoms with Gasteiger partial charge in [0, 0.05) is 7.11 Å². The summed E-state index contributed by atoms with van der Waals surface area (Å²) in [6.07, 6.45) is 104. The van der Waals surface area contributed by atoms with Crippen LogP contribution >= 0.6 is 0 Å². The first-order chi connectivity index (χ1) is 42.5. The molecule has 0 aliphatic carbocycles. The molecule has 0 aromatic heterocycles. The predicted molar refractivity (Wildman–Crippen MR) is 386 cm³/mol. The SMILES string of the molecule is CCCCCCCCCCCCCCCCCCCCCCC(C(=O)O)C(O)CCCCCCCCCCCCCCCCCCCCCCCCCCCCCCCCCCCCCCCCCCCCCCCCCCCCCCC(C)OC. The zero-order valence-corrected chi connectivity index (χ0v) is 60.0. The molecule has 4 heteroatoms. The second-order valence-corrected chi connectivity index (χ2v) is 29.0. The van der Waals surface area contributed by atoms with Crippen molar-refractivity contribution in [2.24, 2.45) is 5.92 Å². The molecule has 0 aromatic carbocycles. The molecule has 0 aliphatic heterocycles.